The van der Waals surface area contributed by atoms with Gasteiger partial charge in [-0.05, 0) is 37.6 Å². The molecule has 0 saturated carbocycles. The summed E-state index contributed by atoms with van der Waals surface area (Å²) in [4.78, 5) is 4.47. The molecule has 0 radical (unpaired) electrons. The van der Waals surface area contributed by atoms with Crippen LogP contribution in [0.1, 0.15) is 12.5 Å². The number of benzene rings is 1. The van der Waals surface area contributed by atoms with Gasteiger partial charge in [-0.15, -0.1) is 11.6 Å². The van der Waals surface area contributed by atoms with Crippen LogP contribution >= 0.6 is 11.6 Å². The van der Waals surface area contributed by atoms with Crippen molar-refractivity contribution in [3.63, 3.8) is 0 Å². The first-order valence-electron chi connectivity index (χ1n) is 5.88. The second-order valence-corrected chi connectivity index (χ2v) is 6.45. The smallest absolute Gasteiger partial charge is 0.241 e. The lowest BCUT2D eigenvalue weighted by atomic mass is 10.1. The van der Waals surface area contributed by atoms with E-state index in [1.165, 1.54) is 0 Å². The Bertz CT molecular complexity index is 701. The quantitative estimate of drug-likeness (QED) is 0.882. The lowest BCUT2D eigenvalue weighted by Gasteiger charge is -2.13. The van der Waals surface area contributed by atoms with Crippen LogP contribution in [0.3, 0.4) is 0 Å². The molecule has 0 bridgehead atoms. The van der Waals surface area contributed by atoms with Gasteiger partial charge in [-0.1, -0.05) is 6.07 Å². The molecule has 102 valence electrons. The van der Waals surface area contributed by atoms with E-state index in [2.05, 4.69) is 9.71 Å². The summed E-state index contributed by atoms with van der Waals surface area (Å²) < 4.78 is 27.2. The topological polar surface area (TPSA) is 59.1 Å². The summed E-state index contributed by atoms with van der Waals surface area (Å²) in [5.41, 5.74) is 1.64. The van der Waals surface area contributed by atoms with Crippen LogP contribution in [0.4, 0.5) is 0 Å². The molecule has 0 aliphatic heterocycles. The SMILES string of the molecule is Cc1ccc(S(=O)(=O)NC(C)CCl)c2cccnc12. The van der Waals surface area contributed by atoms with Crippen molar-refractivity contribution in [2.75, 3.05) is 5.88 Å². The minimum absolute atomic E-state index is 0.223. The number of aryl methyl sites for hydroxylation is 1. The van der Waals surface area contributed by atoms with Crippen molar-refractivity contribution in [3.8, 4) is 0 Å². The van der Waals surface area contributed by atoms with Gasteiger partial charge in [0, 0.05) is 23.5 Å². The van der Waals surface area contributed by atoms with Gasteiger partial charge in [0.25, 0.3) is 0 Å². The highest BCUT2D eigenvalue weighted by molar-refractivity contribution is 7.89. The number of halogens is 1. The number of alkyl halides is 1. The molecule has 0 aliphatic rings. The number of nitrogens with zero attached hydrogens (tertiary/aromatic N) is 1. The minimum Gasteiger partial charge on any atom is -0.256 e. The van der Waals surface area contributed by atoms with E-state index in [0.29, 0.717) is 10.9 Å². The zero-order chi connectivity index (χ0) is 14.0. The van der Waals surface area contributed by atoms with Crippen LogP contribution in [0.5, 0.6) is 0 Å². The van der Waals surface area contributed by atoms with Gasteiger partial charge in [0.2, 0.25) is 10.0 Å². The number of pyridine rings is 1. The number of hydrogen-bond donors (Lipinski definition) is 1. The Labute approximate surface area is 117 Å². The van der Waals surface area contributed by atoms with Gasteiger partial charge in [0.05, 0.1) is 10.4 Å². The van der Waals surface area contributed by atoms with E-state index in [0.717, 1.165) is 5.56 Å². The van der Waals surface area contributed by atoms with Crippen LogP contribution in [-0.2, 0) is 10.0 Å². The van der Waals surface area contributed by atoms with Crippen LogP contribution in [0, 0.1) is 6.92 Å². The van der Waals surface area contributed by atoms with E-state index in [1.54, 1.807) is 37.4 Å². The molecule has 19 heavy (non-hydrogen) atoms. The zero-order valence-electron chi connectivity index (χ0n) is 10.7. The molecule has 0 spiro atoms. The fourth-order valence-corrected chi connectivity index (χ4v) is 3.49. The minimum atomic E-state index is -3.59. The van der Waals surface area contributed by atoms with Gasteiger partial charge in [-0.2, -0.15) is 0 Å². The lowest BCUT2D eigenvalue weighted by Crippen LogP contribution is -2.33. The average molecular weight is 299 g/mol. The van der Waals surface area contributed by atoms with Crippen LogP contribution in [0.15, 0.2) is 35.4 Å². The first-order chi connectivity index (χ1) is 8.95. The van der Waals surface area contributed by atoms with E-state index in [9.17, 15) is 8.42 Å². The Morgan fingerprint density at radius 3 is 2.79 bits per heavy atom. The largest absolute Gasteiger partial charge is 0.256 e. The molecule has 1 N–H and O–H groups in total. The number of fused-ring (bicyclic) bond motifs is 1. The van der Waals surface area contributed by atoms with Crippen molar-refractivity contribution in [3.05, 3.63) is 36.0 Å². The van der Waals surface area contributed by atoms with Gasteiger partial charge in [0.1, 0.15) is 0 Å². The van der Waals surface area contributed by atoms with E-state index in [1.807, 2.05) is 6.92 Å². The van der Waals surface area contributed by atoms with Crippen molar-refractivity contribution >= 4 is 32.5 Å². The number of rotatable bonds is 4. The van der Waals surface area contributed by atoms with Crippen LogP contribution in [0.2, 0.25) is 0 Å². The molecule has 0 fully saturated rings. The third kappa shape index (κ3) is 2.88. The molecule has 1 aromatic carbocycles. The van der Waals surface area contributed by atoms with Gasteiger partial charge >= 0.3 is 0 Å². The summed E-state index contributed by atoms with van der Waals surface area (Å²) in [6.07, 6.45) is 1.65. The molecule has 2 aromatic rings. The Kier molecular flexibility index (Phi) is 4.08. The maximum Gasteiger partial charge on any atom is 0.241 e. The Hall–Kier alpha value is -1.17. The number of sulfonamides is 1. The molecule has 2 rings (SSSR count). The fraction of sp³-hybridized carbons (Fsp3) is 0.308. The normalized spacial score (nSPS) is 13.6. The van der Waals surface area contributed by atoms with Crippen molar-refractivity contribution in [2.45, 2.75) is 24.8 Å². The Balaban J connectivity index is 2.60. The van der Waals surface area contributed by atoms with Crippen molar-refractivity contribution in [2.24, 2.45) is 0 Å². The molecule has 0 saturated heterocycles. The molecule has 6 heteroatoms. The Morgan fingerprint density at radius 2 is 2.11 bits per heavy atom. The molecule has 0 amide bonds. The standard InChI is InChI=1S/C13H15ClN2O2S/c1-9-5-6-12(11-4-3-7-15-13(9)11)19(17,18)16-10(2)8-14/h3-7,10,16H,8H2,1-2H3. The number of aromatic nitrogens is 1. The summed E-state index contributed by atoms with van der Waals surface area (Å²) in [6.45, 7) is 3.62. The predicted octanol–water partition coefficient (Wildman–Crippen LogP) is 2.45. The molecule has 0 aliphatic carbocycles. The second-order valence-electron chi connectivity index (χ2n) is 4.46. The highest BCUT2D eigenvalue weighted by atomic mass is 35.5. The third-order valence-electron chi connectivity index (χ3n) is 2.81. The molecule has 1 heterocycles. The molecular formula is C13H15ClN2O2S. The lowest BCUT2D eigenvalue weighted by molar-refractivity contribution is 0.571. The average Bonchev–Trinajstić information content (AvgIpc) is 2.38. The highest BCUT2D eigenvalue weighted by Gasteiger charge is 2.20. The summed E-state index contributed by atoms with van der Waals surface area (Å²) in [5.74, 6) is 0.223. The maximum atomic E-state index is 12.3. The monoisotopic (exact) mass is 298 g/mol. The summed E-state index contributed by atoms with van der Waals surface area (Å²) >= 11 is 5.65. The molecular weight excluding hydrogens is 284 g/mol. The third-order valence-corrected chi connectivity index (χ3v) is 4.92. The van der Waals surface area contributed by atoms with E-state index >= 15 is 0 Å². The van der Waals surface area contributed by atoms with Gasteiger partial charge in [-0.25, -0.2) is 13.1 Å². The summed E-state index contributed by atoms with van der Waals surface area (Å²) in [5, 5.41) is 0.622. The highest BCUT2D eigenvalue weighted by Crippen LogP contribution is 2.24. The molecule has 1 atom stereocenters. The molecule has 1 unspecified atom stereocenters. The van der Waals surface area contributed by atoms with E-state index < -0.39 is 10.0 Å². The second kappa shape index (κ2) is 5.45. The fourth-order valence-electron chi connectivity index (χ4n) is 1.88. The summed E-state index contributed by atoms with van der Waals surface area (Å²) in [6, 6.07) is 6.53. The number of hydrogen-bond acceptors (Lipinski definition) is 3. The maximum absolute atomic E-state index is 12.3. The van der Waals surface area contributed by atoms with Gasteiger partial charge < -0.3 is 0 Å². The zero-order valence-corrected chi connectivity index (χ0v) is 12.3. The van der Waals surface area contributed by atoms with Gasteiger partial charge in [0.15, 0.2) is 0 Å². The Morgan fingerprint density at radius 1 is 1.37 bits per heavy atom. The van der Waals surface area contributed by atoms with Crippen molar-refractivity contribution in [1.29, 1.82) is 0 Å². The summed E-state index contributed by atoms with van der Waals surface area (Å²) in [7, 11) is -3.59. The molecule has 1 aromatic heterocycles. The first kappa shape index (κ1) is 14.2. The van der Waals surface area contributed by atoms with Gasteiger partial charge in [-0.3, -0.25) is 4.98 Å². The van der Waals surface area contributed by atoms with Crippen LogP contribution in [-0.4, -0.2) is 25.3 Å². The predicted molar refractivity (Wildman–Crippen MR) is 77.0 cm³/mol. The number of nitrogens with one attached hydrogen (secondary N) is 1. The molecule has 4 nitrogen and oxygen atoms in total. The van der Waals surface area contributed by atoms with E-state index in [-0.39, 0.29) is 16.8 Å². The van der Waals surface area contributed by atoms with E-state index in [4.69, 9.17) is 11.6 Å². The first-order valence-corrected chi connectivity index (χ1v) is 7.90. The van der Waals surface area contributed by atoms with Crippen LogP contribution in [0.25, 0.3) is 10.9 Å². The van der Waals surface area contributed by atoms with Crippen LogP contribution < -0.4 is 4.72 Å². The van der Waals surface area contributed by atoms with Crippen molar-refractivity contribution < 1.29 is 8.42 Å². The van der Waals surface area contributed by atoms with Crippen molar-refractivity contribution in [1.82, 2.24) is 9.71 Å².